The Morgan fingerprint density at radius 3 is 3.00 bits per heavy atom. The van der Waals surface area contributed by atoms with Crippen molar-refractivity contribution in [3.63, 3.8) is 0 Å². The van der Waals surface area contributed by atoms with Crippen LogP contribution in [-0.4, -0.2) is 56.6 Å². The fourth-order valence-corrected chi connectivity index (χ4v) is 3.16. The number of sulfonamides is 1. The highest BCUT2D eigenvalue weighted by Gasteiger charge is 2.34. The van der Waals surface area contributed by atoms with Gasteiger partial charge in [-0.25, -0.2) is 13.2 Å². The number of rotatable bonds is 3. The van der Waals surface area contributed by atoms with Gasteiger partial charge in [0.15, 0.2) is 6.10 Å². The molecule has 1 atom stereocenters. The molecule has 0 spiro atoms. The lowest BCUT2D eigenvalue weighted by atomic mass is 10.3. The normalized spacial score (nSPS) is 21.0. The summed E-state index contributed by atoms with van der Waals surface area (Å²) >= 11 is 0. The molecule has 7 nitrogen and oxygen atoms in total. The molecule has 1 aliphatic rings. The van der Waals surface area contributed by atoms with Crippen LogP contribution in [0.4, 0.5) is 0 Å². The van der Waals surface area contributed by atoms with Gasteiger partial charge in [-0.15, -0.1) is 0 Å². The van der Waals surface area contributed by atoms with Gasteiger partial charge in [0.1, 0.15) is 4.90 Å². The predicted molar refractivity (Wildman–Crippen MR) is 64.8 cm³/mol. The number of carbonyl (C=O) groups is 1. The molecule has 0 bridgehead atoms. The predicted octanol–water partition coefficient (Wildman–Crippen LogP) is -0.356. The fourth-order valence-electron chi connectivity index (χ4n) is 1.77. The summed E-state index contributed by atoms with van der Waals surface area (Å²) in [5.74, 6) is -0.578. The number of methoxy groups -OCH3 is 1. The minimum atomic E-state index is -3.65. The van der Waals surface area contributed by atoms with Gasteiger partial charge >= 0.3 is 5.97 Å². The molecule has 0 aliphatic carbocycles. The second-order valence-electron chi connectivity index (χ2n) is 3.93. The molecule has 0 aromatic carbocycles. The summed E-state index contributed by atoms with van der Waals surface area (Å²) in [6.45, 7) is 0.299. The Kier molecular flexibility index (Phi) is 4.13. The zero-order valence-electron chi connectivity index (χ0n) is 10.4. The topological polar surface area (TPSA) is 85.8 Å². The molecule has 19 heavy (non-hydrogen) atoms. The lowest BCUT2D eigenvalue weighted by Crippen LogP contribution is -2.48. The lowest BCUT2D eigenvalue weighted by molar-refractivity contribution is -0.157. The molecule has 104 valence electrons. The zero-order valence-corrected chi connectivity index (χ0v) is 11.2. The molecule has 1 saturated heterocycles. The number of hydrogen-bond acceptors (Lipinski definition) is 6. The maximum Gasteiger partial charge on any atom is 0.336 e. The number of esters is 1. The maximum atomic E-state index is 12.3. The minimum Gasteiger partial charge on any atom is -0.467 e. The molecule has 0 amide bonds. The van der Waals surface area contributed by atoms with Gasteiger partial charge in [-0.05, 0) is 12.1 Å². The van der Waals surface area contributed by atoms with Gasteiger partial charge < -0.3 is 9.47 Å². The number of aromatic nitrogens is 1. The highest BCUT2D eigenvalue weighted by molar-refractivity contribution is 7.89. The van der Waals surface area contributed by atoms with Crippen LogP contribution in [0.5, 0.6) is 0 Å². The second kappa shape index (κ2) is 5.64. The van der Waals surface area contributed by atoms with Crippen molar-refractivity contribution in [1.29, 1.82) is 0 Å². The first-order valence-electron chi connectivity index (χ1n) is 5.65. The lowest BCUT2D eigenvalue weighted by Gasteiger charge is -2.30. The molecule has 2 heterocycles. The van der Waals surface area contributed by atoms with Crippen molar-refractivity contribution < 1.29 is 22.7 Å². The summed E-state index contributed by atoms with van der Waals surface area (Å²) in [5.41, 5.74) is 0. The van der Waals surface area contributed by atoms with Crippen molar-refractivity contribution in [1.82, 2.24) is 9.29 Å². The minimum absolute atomic E-state index is 0.0517. The standard InChI is InChI=1S/C11H14N2O5S/c1-17-11(14)10-8-13(5-6-18-10)19(15,16)9-3-2-4-12-7-9/h2-4,7,10H,5-6,8H2,1H3. The molecule has 1 aliphatic heterocycles. The van der Waals surface area contributed by atoms with Crippen molar-refractivity contribution in [2.24, 2.45) is 0 Å². The van der Waals surface area contributed by atoms with E-state index in [2.05, 4.69) is 9.72 Å². The van der Waals surface area contributed by atoms with E-state index < -0.39 is 22.1 Å². The van der Waals surface area contributed by atoms with Gasteiger partial charge in [0.2, 0.25) is 10.0 Å². The third-order valence-corrected chi connectivity index (χ3v) is 4.61. The quantitative estimate of drug-likeness (QED) is 0.706. The average molecular weight is 286 g/mol. The largest absolute Gasteiger partial charge is 0.467 e. The third-order valence-electron chi connectivity index (χ3n) is 2.77. The summed E-state index contributed by atoms with van der Waals surface area (Å²) in [4.78, 5) is 15.3. The number of pyridine rings is 1. The van der Waals surface area contributed by atoms with Gasteiger partial charge in [-0.2, -0.15) is 4.31 Å². The van der Waals surface area contributed by atoms with E-state index in [1.54, 1.807) is 6.07 Å². The second-order valence-corrected chi connectivity index (χ2v) is 5.87. The Morgan fingerprint density at radius 2 is 2.37 bits per heavy atom. The van der Waals surface area contributed by atoms with Crippen LogP contribution in [0, 0.1) is 0 Å². The van der Waals surface area contributed by atoms with Crippen molar-refractivity contribution >= 4 is 16.0 Å². The molecule has 1 aromatic heterocycles. The molecule has 1 unspecified atom stereocenters. The first-order chi connectivity index (χ1) is 9.05. The van der Waals surface area contributed by atoms with Crippen molar-refractivity contribution in [3.05, 3.63) is 24.5 Å². The Bertz CT molecular complexity index is 545. The van der Waals surface area contributed by atoms with Crippen LogP contribution in [0.1, 0.15) is 0 Å². The molecule has 0 N–H and O–H groups in total. The molecule has 0 saturated carbocycles. The van der Waals surface area contributed by atoms with Crippen LogP contribution < -0.4 is 0 Å². The first-order valence-corrected chi connectivity index (χ1v) is 7.09. The summed E-state index contributed by atoms with van der Waals surface area (Å²) in [7, 11) is -2.42. The third kappa shape index (κ3) is 2.91. The number of hydrogen-bond donors (Lipinski definition) is 0. The summed E-state index contributed by atoms with van der Waals surface area (Å²) in [6.07, 6.45) is 1.89. The Morgan fingerprint density at radius 1 is 1.58 bits per heavy atom. The van der Waals surface area contributed by atoms with Gasteiger partial charge in [0.05, 0.1) is 20.3 Å². The van der Waals surface area contributed by atoms with Crippen LogP contribution in [0.15, 0.2) is 29.4 Å². The van der Waals surface area contributed by atoms with Crippen LogP contribution in [0.3, 0.4) is 0 Å². The Labute approximate surface area is 111 Å². The summed E-state index contributed by atoms with van der Waals surface area (Å²) < 4.78 is 35.6. The van der Waals surface area contributed by atoms with E-state index >= 15 is 0 Å². The fraction of sp³-hybridized carbons (Fsp3) is 0.455. The SMILES string of the molecule is COC(=O)C1CN(S(=O)(=O)c2cccnc2)CCO1. The molecule has 1 fully saturated rings. The van der Waals surface area contributed by atoms with E-state index in [0.717, 1.165) is 0 Å². The van der Waals surface area contributed by atoms with Gasteiger partial charge in [0, 0.05) is 18.9 Å². The smallest absolute Gasteiger partial charge is 0.336 e. The maximum absolute atomic E-state index is 12.3. The van der Waals surface area contributed by atoms with Gasteiger partial charge in [0.25, 0.3) is 0 Å². The Hall–Kier alpha value is -1.51. The number of ether oxygens (including phenoxy) is 2. The highest BCUT2D eigenvalue weighted by atomic mass is 32.2. The molecule has 0 radical (unpaired) electrons. The summed E-state index contributed by atoms with van der Waals surface area (Å²) in [5, 5.41) is 0. The van der Waals surface area contributed by atoms with Crippen LogP contribution >= 0.6 is 0 Å². The molecule has 8 heteroatoms. The molecular formula is C11H14N2O5S. The zero-order chi connectivity index (χ0) is 13.9. The van der Waals surface area contributed by atoms with E-state index in [4.69, 9.17) is 4.74 Å². The van der Waals surface area contributed by atoms with E-state index in [9.17, 15) is 13.2 Å². The van der Waals surface area contributed by atoms with Gasteiger partial charge in [-0.1, -0.05) is 0 Å². The average Bonchev–Trinajstić information content (AvgIpc) is 2.47. The van der Waals surface area contributed by atoms with E-state index in [1.807, 2.05) is 0 Å². The van der Waals surface area contributed by atoms with E-state index in [1.165, 1.54) is 29.9 Å². The number of morpholine rings is 1. The summed E-state index contributed by atoms with van der Waals surface area (Å²) in [6, 6.07) is 3.01. The molecule has 1 aromatic rings. The van der Waals surface area contributed by atoms with Crippen LogP contribution in [-0.2, 0) is 24.3 Å². The Balaban J connectivity index is 2.20. The van der Waals surface area contributed by atoms with Crippen LogP contribution in [0.25, 0.3) is 0 Å². The molecular weight excluding hydrogens is 272 g/mol. The van der Waals surface area contributed by atoms with Crippen molar-refractivity contribution in [2.75, 3.05) is 26.8 Å². The first kappa shape index (κ1) is 13.9. The van der Waals surface area contributed by atoms with E-state index in [0.29, 0.717) is 0 Å². The van der Waals surface area contributed by atoms with Crippen molar-refractivity contribution in [2.45, 2.75) is 11.0 Å². The van der Waals surface area contributed by atoms with Crippen LogP contribution in [0.2, 0.25) is 0 Å². The van der Waals surface area contributed by atoms with Crippen molar-refractivity contribution in [3.8, 4) is 0 Å². The van der Waals surface area contributed by atoms with E-state index in [-0.39, 0.29) is 24.6 Å². The highest BCUT2D eigenvalue weighted by Crippen LogP contribution is 2.18. The monoisotopic (exact) mass is 286 g/mol. The van der Waals surface area contributed by atoms with Gasteiger partial charge in [-0.3, -0.25) is 4.98 Å². The molecule has 2 rings (SSSR count). The number of carbonyl (C=O) groups excluding carboxylic acids is 1. The number of nitrogens with zero attached hydrogens (tertiary/aromatic N) is 2.